The zero-order valence-corrected chi connectivity index (χ0v) is 9.15. The van der Waals surface area contributed by atoms with Gasteiger partial charge in [-0.1, -0.05) is 18.2 Å². The van der Waals surface area contributed by atoms with Gasteiger partial charge in [-0.25, -0.2) is 0 Å². The molecule has 18 heavy (non-hydrogen) atoms. The maximum Gasteiger partial charge on any atom is 0.397 e. The van der Waals surface area contributed by atoms with E-state index in [2.05, 4.69) is 0 Å². The summed E-state index contributed by atoms with van der Waals surface area (Å²) in [6, 6.07) is 7.36. The minimum absolute atomic E-state index is 0.120. The van der Waals surface area contributed by atoms with Gasteiger partial charge in [0, 0.05) is 5.69 Å². The minimum Gasteiger partial charge on any atom is -0.480 e. The number of alkyl halides is 3. The second kappa shape index (κ2) is 5.52. The number of rotatable bonds is 4. The Balaban J connectivity index is 2.92. The van der Waals surface area contributed by atoms with Gasteiger partial charge in [0.1, 0.15) is 13.0 Å². The number of halogens is 3. The molecule has 1 N–H and O–H groups in total. The third-order valence-corrected chi connectivity index (χ3v) is 2.01. The molecule has 0 heterocycles. The second-order valence-corrected chi connectivity index (χ2v) is 3.50. The molecular weight excluding hydrogens is 251 g/mol. The van der Waals surface area contributed by atoms with Crippen molar-refractivity contribution < 1.29 is 27.9 Å². The first-order valence-electron chi connectivity index (χ1n) is 4.93. The van der Waals surface area contributed by atoms with Crippen molar-refractivity contribution in [2.45, 2.75) is 12.6 Å². The molecule has 0 saturated heterocycles. The number of nitrogens with zero attached hydrogens (tertiary/aromatic N) is 1. The molecule has 1 aromatic rings. The lowest BCUT2D eigenvalue weighted by molar-refractivity contribution is -0.153. The van der Waals surface area contributed by atoms with E-state index >= 15 is 0 Å². The molecule has 0 fully saturated rings. The highest BCUT2D eigenvalue weighted by Gasteiger charge is 2.34. The van der Waals surface area contributed by atoms with Crippen LogP contribution in [0.15, 0.2) is 30.3 Å². The molecule has 0 atom stereocenters. The van der Waals surface area contributed by atoms with Gasteiger partial charge >= 0.3 is 12.1 Å². The predicted molar refractivity (Wildman–Crippen MR) is 57.1 cm³/mol. The van der Waals surface area contributed by atoms with Gasteiger partial charge in [0.05, 0.1) is 0 Å². The smallest absolute Gasteiger partial charge is 0.397 e. The summed E-state index contributed by atoms with van der Waals surface area (Å²) in [7, 11) is 0. The van der Waals surface area contributed by atoms with Crippen LogP contribution in [0.4, 0.5) is 18.9 Å². The van der Waals surface area contributed by atoms with Crippen molar-refractivity contribution in [3.05, 3.63) is 30.3 Å². The molecule has 0 saturated carbocycles. The Bertz CT molecular complexity index is 431. The quantitative estimate of drug-likeness (QED) is 0.902. The van der Waals surface area contributed by atoms with Gasteiger partial charge in [0.2, 0.25) is 5.91 Å². The molecule has 0 spiro atoms. The zero-order chi connectivity index (χ0) is 13.8. The van der Waals surface area contributed by atoms with E-state index in [1.165, 1.54) is 24.3 Å². The van der Waals surface area contributed by atoms with Crippen LogP contribution in [0.1, 0.15) is 6.42 Å². The summed E-state index contributed by atoms with van der Waals surface area (Å²) >= 11 is 0. The summed E-state index contributed by atoms with van der Waals surface area (Å²) in [6.45, 7) is -0.807. The van der Waals surface area contributed by atoms with Crippen LogP contribution in [-0.4, -0.2) is 29.7 Å². The number of hydrogen-bond acceptors (Lipinski definition) is 2. The van der Waals surface area contributed by atoms with E-state index in [1.807, 2.05) is 0 Å². The Morgan fingerprint density at radius 1 is 1.17 bits per heavy atom. The van der Waals surface area contributed by atoms with E-state index in [9.17, 15) is 22.8 Å². The standard InChI is InChI=1S/C11H10F3NO3/c12-11(13,14)6-9(16)15(7-10(17)18)8-4-2-1-3-5-8/h1-5H,6-7H2,(H,17,18). The fraction of sp³-hybridized carbons (Fsp3) is 0.273. The van der Waals surface area contributed by atoms with Crippen LogP contribution in [0.5, 0.6) is 0 Å². The minimum atomic E-state index is -4.66. The maximum atomic E-state index is 12.1. The average Bonchev–Trinajstić information content (AvgIpc) is 2.24. The predicted octanol–water partition coefficient (Wildman–Crippen LogP) is 2.06. The molecule has 0 aliphatic heterocycles. The molecule has 4 nitrogen and oxygen atoms in total. The number of carboxylic acids is 1. The molecule has 98 valence electrons. The number of carbonyl (C=O) groups is 2. The zero-order valence-electron chi connectivity index (χ0n) is 9.15. The molecule has 0 aliphatic rings. The van der Waals surface area contributed by atoms with Crippen molar-refractivity contribution in [1.29, 1.82) is 0 Å². The Morgan fingerprint density at radius 2 is 1.72 bits per heavy atom. The lowest BCUT2D eigenvalue weighted by atomic mass is 10.2. The largest absolute Gasteiger partial charge is 0.480 e. The van der Waals surface area contributed by atoms with Gasteiger partial charge in [0.15, 0.2) is 0 Å². The van der Waals surface area contributed by atoms with E-state index in [0.29, 0.717) is 4.90 Å². The van der Waals surface area contributed by atoms with Crippen molar-refractivity contribution >= 4 is 17.6 Å². The number of carboxylic acid groups (broad SMARTS) is 1. The summed E-state index contributed by atoms with van der Waals surface area (Å²) in [4.78, 5) is 22.6. The number of para-hydroxylation sites is 1. The van der Waals surface area contributed by atoms with Crippen LogP contribution in [0.3, 0.4) is 0 Å². The van der Waals surface area contributed by atoms with E-state index in [0.717, 1.165) is 0 Å². The van der Waals surface area contributed by atoms with E-state index < -0.39 is 31.0 Å². The lowest BCUT2D eigenvalue weighted by Gasteiger charge is -2.21. The highest BCUT2D eigenvalue weighted by molar-refractivity contribution is 5.97. The SMILES string of the molecule is O=C(O)CN(C(=O)CC(F)(F)F)c1ccccc1. The Hall–Kier alpha value is -2.05. The van der Waals surface area contributed by atoms with Gasteiger partial charge < -0.3 is 10.0 Å². The first kappa shape index (κ1) is 14.0. The first-order chi connectivity index (χ1) is 8.29. The summed E-state index contributed by atoms with van der Waals surface area (Å²) in [5.41, 5.74) is 0.120. The molecular formula is C11H10F3NO3. The fourth-order valence-electron chi connectivity index (χ4n) is 1.33. The van der Waals surface area contributed by atoms with Crippen LogP contribution in [-0.2, 0) is 9.59 Å². The summed E-state index contributed by atoms with van der Waals surface area (Å²) in [5.74, 6) is -2.68. The molecule has 1 rings (SSSR count). The van der Waals surface area contributed by atoms with Gasteiger partial charge in [-0.15, -0.1) is 0 Å². The molecule has 0 aliphatic carbocycles. The summed E-state index contributed by atoms with van der Waals surface area (Å²) < 4.78 is 36.4. The van der Waals surface area contributed by atoms with Crippen molar-refractivity contribution in [3.63, 3.8) is 0 Å². The molecule has 0 unspecified atom stereocenters. The molecule has 1 amide bonds. The highest BCUT2D eigenvalue weighted by Crippen LogP contribution is 2.23. The number of benzene rings is 1. The molecule has 7 heteroatoms. The normalized spacial score (nSPS) is 11.1. The van der Waals surface area contributed by atoms with Crippen molar-refractivity contribution in [3.8, 4) is 0 Å². The van der Waals surface area contributed by atoms with Gasteiger partial charge in [-0.05, 0) is 12.1 Å². The molecule has 0 radical (unpaired) electrons. The van der Waals surface area contributed by atoms with Crippen molar-refractivity contribution in [2.75, 3.05) is 11.4 Å². The molecule has 0 aromatic heterocycles. The van der Waals surface area contributed by atoms with Gasteiger partial charge in [0.25, 0.3) is 0 Å². The Morgan fingerprint density at radius 3 is 2.17 bits per heavy atom. The van der Waals surface area contributed by atoms with Crippen LogP contribution in [0, 0.1) is 0 Å². The van der Waals surface area contributed by atoms with E-state index in [1.54, 1.807) is 6.07 Å². The number of anilines is 1. The molecule has 0 bridgehead atoms. The summed E-state index contributed by atoms with van der Waals surface area (Å²) in [6.07, 6.45) is -6.35. The van der Waals surface area contributed by atoms with Gasteiger partial charge in [-0.2, -0.15) is 13.2 Å². The van der Waals surface area contributed by atoms with E-state index in [4.69, 9.17) is 5.11 Å². The van der Waals surface area contributed by atoms with Crippen molar-refractivity contribution in [1.82, 2.24) is 0 Å². The number of aliphatic carboxylic acids is 1. The lowest BCUT2D eigenvalue weighted by Crippen LogP contribution is -2.38. The third-order valence-electron chi connectivity index (χ3n) is 2.01. The Kier molecular flexibility index (Phi) is 4.30. The number of amides is 1. The maximum absolute atomic E-state index is 12.1. The van der Waals surface area contributed by atoms with Crippen LogP contribution < -0.4 is 4.90 Å². The van der Waals surface area contributed by atoms with Crippen LogP contribution in [0.2, 0.25) is 0 Å². The number of hydrogen-bond donors (Lipinski definition) is 1. The number of carbonyl (C=O) groups excluding carboxylic acids is 1. The average molecular weight is 261 g/mol. The van der Waals surface area contributed by atoms with E-state index in [-0.39, 0.29) is 5.69 Å². The molecule has 1 aromatic carbocycles. The monoisotopic (exact) mass is 261 g/mol. The second-order valence-electron chi connectivity index (χ2n) is 3.50. The highest BCUT2D eigenvalue weighted by atomic mass is 19.4. The van der Waals surface area contributed by atoms with Crippen LogP contribution >= 0.6 is 0 Å². The Labute approximate surface area is 101 Å². The van der Waals surface area contributed by atoms with Crippen molar-refractivity contribution in [2.24, 2.45) is 0 Å². The topological polar surface area (TPSA) is 57.6 Å². The van der Waals surface area contributed by atoms with Gasteiger partial charge in [-0.3, -0.25) is 9.59 Å². The fourth-order valence-corrected chi connectivity index (χ4v) is 1.33. The van der Waals surface area contributed by atoms with Crippen LogP contribution in [0.25, 0.3) is 0 Å². The summed E-state index contributed by atoms with van der Waals surface area (Å²) in [5, 5.41) is 8.62. The third kappa shape index (κ3) is 4.44. The first-order valence-corrected chi connectivity index (χ1v) is 4.93.